The molecule has 0 bridgehead atoms. The quantitative estimate of drug-likeness (QED) is 0.741. The molecule has 3 heterocycles. The highest BCUT2D eigenvalue weighted by molar-refractivity contribution is 5.76. The van der Waals surface area contributed by atoms with Gasteiger partial charge in [0.1, 0.15) is 0 Å². The third kappa shape index (κ3) is 4.23. The summed E-state index contributed by atoms with van der Waals surface area (Å²) < 4.78 is 10.9. The van der Waals surface area contributed by atoms with Crippen LogP contribution >= 0.6 is 0 Å². The van der Waals surface area contributed by atoms with E-state index in [1.807, 2.05) is 4.90 Å². The van der Waals surface area contributed by atoms with E-state index in [1.165, 1.54) is 12.8 Å². The fourth-order valence-corrected chi connectivity index (χ4v) is 3.83. The van der Waals surface area contributed by atoms with Crippen molar-refractivity contribution in [3.05, 3.63) is 24.0 Å². The lowest BCUT2D eigenvalue weighted by Crippen LogP contribution is -2.49. The van der Waals surface area contributed by atoms with Crippen molar-refractivity contribution >= 4 is 11.9 Å². The number of nitrogens with zero attached hydrogens (tertiary/aromatic N) is 6. The lowest BCUT2D eigenvalue weighted by atomic mass is 10.1. The van der Waals surface area contributed by atoms with Crippen molar-refractivity contribution in [1.29, 1.82) is 0 Å². The number of carbonyl (C=O) groups is 1. The van der Waals surface area contributed by atoms with Crippen LogP contribution in [0.5, 0.6) is 5.88 Å². The SMILES string of the molecule is COc1ccnc(N2CCN(C(=O)CCc3nnc(C4CCCC4)o3)CC2)n1. The van der Waals surface area contributed by atoms with Crippen molar-refractivity contribution in [2.75, 3.05) is 38.2 Å². The van der Waals surface area contributed by atoms with Crippen LogP contribution in [-0.4, -0.2) is 64.3 Å². The molecule has 1 saturated heterocycles. The molecule has 4 rings (SSSR count). The van der Waals surface area contributed by atoms with Gasteiger partial charge >= 0.3 is 0 Å². The van der Waals surface area contributed by atoms with Gasteiger partial charge in [-0.15, -0.1) is 10.2 Å². The first-order valence-corrected chi connectivity index (χ1v) is 9.95. The van der Waals surface area contributed by atoms with Crippen LogP contribution in [-0.2, 0) is 11.2 Å². The third-order valence-corrected chi connectivity index (χ3v) is 5.48. The number of hydrogen-bond acceptors (Lipinski definition) is 8. The minimum absolute atomic E-state index is 0.117. The molecule has 1 aliphatic carbocycles. The summed E-state index contributed by atoms with van der Waals surface area (Å²) in [7, 11) is 1.59. The number of methoxy groups -OCH3 is 1. The van der Waals surface area contributed by atoms with Gasteiger partial charge in [-0.2, -0.15) is 4.98 Å². The summed E-state index contributed by atoms with van der Waals surface area (Å²) in [4.78, 5) is 25.1. The van der Waals surface area contributed by atoms with E-state index in [2.05, 4.69) is 25.1 Å². The van der Waals surface area contributed by atoms with Crippen molar-refractivity contribution in [2.24, 2.45) is 0 Å². The maximum atomic E-state index is 12.5. The Morgan fingerprint density at radius 3 is 2.75 bits per heavy atom. The maximum absolute atomic E-state index is 12.5. The van der Waals surface area contributed by atoms with Crippen molar-refractivity contribution in [3.8, 4) is 5.88 Å². The number of rotatable bonds is 6. The van der Waals surface area contributed by atoms with Gasteiger partial charge in [-0.25, -0.2) is 4.98 Å². The Bertz CT molecular complexity index is 796. The van der Waals surface area contributed by atoms with Crippen LogP contribution in [0.4, 0.5) is 5.95 Å². The summed E-state index contributed by atoms with van der Waals surface area (Å²) in [6, 6.07) is 1.72. The second kappa shape index (κ2) is 8.53. The normalized spacial score (nSPS) is 17.9. The second-order valence-electron chi connectivity index (χ2n) is 7.28. The average molecular weight is 386 g/mol. The van der Waals surface area contributed by atoms with E-state index in [0.717, 1.165) is 18.7 Å². The van der Waals surface area contributed by atoms with E-state index < -0.39 is 0 Å². The van der Waals surface area contributed by atoms with Crippen LogP contribution in [0.25, 0.3) is 0 Å². The Hall–Kier alpha value is -2.71. The largest absolute Gasteiger partial charge is 0.481 e. The number of anilines is 1. The first kappa shape index (κ1) is 18.6. The first-order valence-electron chi connectivity index (χ1n) is 9.95. The predicted octanol–water partition coefficient (Wildman–Crippen LogP) is 1.81. The Morgan fingerprint density at radius 1 is 1.21 bits per heavy atom. The molecule has 2 aliphatic rings. The van der Waals surface area contributed by atoms with Gasteiger partial charge in [-0.05, 0) is 12.8 Å². The summed E-state index contributed by atoms with van der Waals surface area (Å²) in [6.45, 7) is 2.70. The molecule has 9 heteroatoms. The van der Waals surface area contributed by atoms with Gasteiger partial charge in [0.05, 0.1) is 7.11 Å². The number of carbonyl (C=O) groups excluding carboxylic acids is 1. The van der Waals surface area contributed by atoms with Crippen LogP contribution in [0.2, 0.25) is 0 Å². The zero-order valence-corrected chi connectivity index (χ0v) is 16.2. The molecule has 2 fully saturated rings. The van der Waals surface area contributed by atoms with E-state index in [1.54, 1.807) is 19.4 Å². The van der Waals surface area contributed by atoms with Crippen molar-refractivity contribution in [1.82, 2.24) is 25.1 Å². The minimum Gasteiger partial charge on any atom is -0.481 e. The molecule has 0 radical (unpaired) electrons. The second-order valence-corrected chi connectivity index (χ2v) is 7.28. The number of piperazine rings is 1. The maximum Gasteiger partial charge on any atom is 0.228 e. The van der Waals surface area contributed by atoms with Gasteiger partial charge in [0.15, 0.2) is 0 Å². The molecule has 28 heavy (non-hydrogen) atoms. The van der Waals surface area contributed by atoms with E-state index in [9.17, 15) is 4.79 Å². The molecule has 1 amide bonds. The Kier molecular flexibility index (Phi) is 5.68. The van der Waals surface area contributed by atoms with Gasteiger partial charge in [0, 0.05) is 57.2 Å². The molecule has 9 nitrogen and oxygen atoms in total. The third-order valence-electron chi connectivity index (χ3n) is 5.48. The minimum atomic E-state index is 0.117. The molecule has 2 aromatic rings. The predicted molar refractivity (Wildman–Crippen MR) is 101 cm³/mol. The Balaban J connectivity index is 1.25. The lowest BCUT2D eigenvalue weighted by Gasteiger charge is -2.34. The fourth-order valence-electron chi connectivity index (χ4n) is 3.83. The highest BCUT2D eigenvalue weighted by Crippen LogP contribution is 2.33. The molecule has 0 N–H and O–H groups in total. The average Bonchev–Trinajstić information content (AvgIpc) is 3.44. The molecular weight excluding hydrogens is 360 g/mol. The van der Waals surface area contributed by atoms with E-state index >= 15 is 0 Å². The number of hydrogen-bond donors (Lipinski definition) is 0. The summed E-state index contributed by atoms with van der Waals surface area (Å²) in [5.74, 6) is 3.01. The molecule has 1 saturated carbocycles. The van der Waals surface area contributed by atoms with E-state index in [-0.39, 0.29) is 5.91 Å². The fraction of sp³-hybridized carbons (Fsp3) is 0.632. The summed E-state index contributed by atoms with van der Waals surface area (Å²) in [6.07, 6.45) is 7.29. The summed E-state index contributed by atoms with van der Waals surface area (Å²) >= 11 is 0. The zero-order valence-electron chi connectivity index (χ0n) is 16.2. The number of aryl methyl sites for hydroxylation is 1. The van der Waals surface area contributed by atoms with E-state index in [0.29, 0.717) is 62.7 Å². The van der Waals surface area contributed by atoms with Gasteiger partial charge < -0.3 is 19.0 Å². The highest BCUT2D eigenvalue weighted by Gasteiger charge is 2.25. The van der Waals surface area contributed by atoms with Crippen molar-refractivity contribution in [2.45, 2.75) is 44.4 Å². The van der Waals surface area contributed by atoms with Gasteiger partial charge in [-0.1, -0.05) is 12.8 Å². The van der Waals surface area contributed by atoms with Crippen molar-refractivity contribution in [3.63, 3.8) is 0 Å². The number of aromatic nitrogens is 4. The van der Waals surface area contributed by atoms with Crippen LogP contribution in [0.3, 0.4) is 0 Å². The van der Waals surface area contributed by atoms with Crippen LogP contribution in [0.15, 0.2) is 16.7 Å². The summed E-state index contributed by atoms with van der Waals surface area (Å²) in [5, 5.41) is 8.30. The molecule has 150 valence electrons. The molecule has 2 aromatic heterocycles. The van der Waals surface area contributed by atoms with Gasteiger partial charge in [0.2, 0.25) is 29.5 Å². The monoisotopic (exact) mass is 386 g/mol. The highest BCUT2D eigenvalue weighted by atomic mass is 16.5. The molecule has 1 aliphatic heterocycles. The molecule has 0 aromatic carbocycles. The van der Waals surface area contributed by atoms with Crippen molar-refractivity contribution < 1.29 is 13.9 Å². The van der Waals surface area contributed by atoms with Gasteiger partial charge in [-0.3, -0.25) is 4.79 Å². The number of amides is 1. The Labute approximate surface area is 164 Å². The molecular formula is C19H26N6O3. The number of ether oxygens (including phenoxy) is 1. The standard InChI is InChI=1S/C19H26N6O3/c1-27-15-8-9-20-19(21-15)25-12-10-24(11-13-25)17(26)7-6-16-22-23-18(28-16)14-4-2-3-5-14/h8-9,14H,2-7,10-13H2,1H3. The van der Waals surface area contributed by atoms with Crippen LogP contribution in [0.1, 0.15) is 49.8 Å². The summed E-state index contributed by atoms with van der Waals surface area (Å²) in [5.41, 5.74) is 0. The molecule has 0 atom stereocenters. The van der Waals surface area contributed by atoms with Crippen LogP contribution < -0.4 is 9.64 Å². The topological polar surface area (TPSA) is 97.5 Å². The molecule has 0 unspecified atom stereocenters. The lowest BCUT2D eigenvalue weighted by molar-refractivity contribution is -0.131. The Morgan fingerprint density at radius 2 is 2.00 bits per heavy atom. The van der Waals surface area contributed by atoms with E-state index in [4.69, 9.17) is 9.15 Å². The first-order chi connectivity index (χ1) is 13.7. The smallest absolute Gasteiger partial charge is 0.228 e. The molecule has 0 spiro atoms. The zero-order chi connectivity index (χ0) is 19.3. The van der Waals surface area contributed by atoms with Crippen LogP contribution in [0, 0.1) is 0 Å². The van der Waals surface area contributed by atoms with Gasteiger partial charge in [0.25, 0.3) is 0 Å².